The first-order chi connectivity index (χ1) is 6.93. The molecule has 15 heavy (non-hydrogen) atoms. The molecule has 0 radical (unpaired) electrons. The first-order valence-corrected chi connectivity index (χ1v) is 5.83. The van der Waals surface area contributed by atoms with Gasteiger partial charge < -0.3 is 15.3 Å². The van der Waals surface area contributed by atoms with Gasteiger partial charge in [-0.1, -0.05) is 27.7 Å². The van der Waals surface area contributed by atoms with Crippen molar-refractivity contribution in [1.29, 1.82) is 0 Å². The molecule has 94 valence electrons. The van der Waals surface area contributed by atoms with Gasteiger partial charge in [-0.15, -0.1) is 0 Å². The van der Waals surface area contributed by atoms with Crippen LogP contribution in [0, 0.1) is 11.8 Å². The summed E-state index contributed by atoms with van der Waals surface area (Å²) < 4.78 is 0. The van der Waals surface area contributed by atoms with Gasteiger partial charge in [0, 0.05) is 6.61 Å². The van der Waals surface area contributed by atoms with Crippen LogP contribution in [0.4, 0.5) is 0 Å². The SMILES string of the molecule is CC(C)CC(O)CO.CC(C)CCCO. The Labute approximate surface area is 94.1 Å². The largest absolute Gasteiger partial charge is 0.396 e. The minimum Gasteiger partial charge on any atom is -0.396 e. The predicted molar refractivity (Wildman–Crippen MR) is 63.7 cm³/mol. The molecule has 0 spiro atoms. The molecule has 1 atom stereocenters. The van der Waals surface area contributed by atoms with Crippen LogP contribution < -0.4 is 0 Å². The average molecular weight is 220 g/mol. The zero-order chi connectivity index (χ0) is 12.3. The molecule has 0 fully saturated rings. The van der Waals surface area contributed by atoms with Crippen molar-refractivity contribution >= 4 is 0 Å². The Morgan fingerprint density at radius 2 is 1.47 bits per heavy atom. The van der Waals surface area contributed by atoms with E-state index in [1.165, 1.54) is 0 Å². The molecule has 3 heteroatoms. The van der Waals surface area contributed by atoms with E-state index < -0.39 is 6.10 Å². The van der Waals surface area contributed by atoms with Crippen molar-refractivity contribution in [3.8, 4) is 0 Å². The molecular formula is C12H28O3. The minimum absolute atomic E-state index is 0.113. The molecule has 0 rings (SSSR count). The molecule has 0 heterocycles. The van der Waals surface area contributed by atoms with E-state index in [9.17, 15) is 0 Å². The van der Waals surface area contributed by atoms with Crippen LogP contribution in [0.2, 0.25) is 0 Å². The van der Waals surface area contributed by atoms with Crippen molar-refractivity contribution in [1.82, 2.24) is 0 Å². The van der Waals surface area contributed by atoms with Gasteiger partial charge in [-0.05, 0) is 31.1 Å². The summed E-state index contributed by atoms with van der Waals surface area (Å²) in [6.45, 7) is 8.58. The van der Waals surface area contributed by atoms with Gasteiger partial charge >= 0.3 is 0 Å². The van der Waals surface area contributed by atoms with Crippen molar-refractivity contribution < 1.29 is 15.3 Å². The maximum Gasteiger partial charge on any atom is 0.0773 e. The quantitative estimate of drug-likeness (QED) is 0.639. The summed E-state index contributed by atoms with van der Waals surface area (Å²) in [6, 6.07) is 0. The molecule has 3 N–H and O–H groups in total. The first-order valence-electron chi connectivity index (χ1n) is 5.83. The molecule has 0 aliphatic heterocycles. The third kappa shape index (κ3) is 20.1. The van der Waals surface area contributed by atoms with Crippen LogP contribution in [-0.2, 0) is 0 Å². The molecule has 0 aromatic heterocycles. The third-order valence-corrected chi connectivity index (χ3v) is 1.89. The van der Waals surface area contributed by atoms with Gasteiger partial charge in [0.1, 0.15) is 0 Å². The molecule has 0 aromatic rings. The average Bonchev–Trinajstić information content (AvgIpc) is 2.14. The summed E-state index contributed by atoms with van der Waals surface area (Å²) in [5.74, 6) is 1.21. The van der Waals surface area contributed by atoms with Crippen LogP contribution in [0.25, 0.3) is 0 Å². The fourth-order valence-electron chi connectivity index (χ4n) is 1.12. The van der Waals surface area contributed by atoms with Gasteiger partial charge in [0.15, 0.2) is 0 Å². The second-order valence-corrected chi connectivity index (χ2v) is 4.73. The third-order valence-electron chi connectivity index (χ3n) is 1.89. The number of hydrogen-bond donors (Lipinski definition) is 3. The maximum absolute atomic E-state index is 8.78. The van der Waals surface area contributed by atoms with E-state index in [2.05, 4.69) is 13.8 Å². The molecule has 0 bridgehead atoms. The molecule has 0 aliphatic rings. The van der Waals surface area contributed by atoms with Crippen LogP contribution >= 0.6 is 0 Å². The molecule has 0 saturated heterocycles. The van der Waals surface area contributed by atoms with Crippen molar-refractivity contribution in [2.24, 2.45) is 11.8 Å². The molecule has 0 amide bonds. The highest BCUT2D eigenvalue weighted by Crippen LogP contribution is 2.02. The highest BCUT2D eigenvalue weighted by Gasteiger charge is 2.02. The van der Waals surface area contributed by atoms with Gasteiger partial charge in [0.2, 0.25) is 0 Å². The zero-order valence-corrected chi connectivity index (χ0v) is 10.6. The van der Waals surface area contributed by atoms with Crippen LogP contribution in [0.15, 0.2) is 0 Å². The van der Waals surface area contributed by atoms with Crippen molar-refractivity contribution in [3.63, 3.8) is 0 Å². The van der Waals surface area contributed by atoms with Crippen LogP contribution in [0.5, 0.6) is 0 Å². The smallest absolute Gasteiger partial charge is 0.0773 e. The van der Waals surface area contributed by atoms with Crippen molar-refractivity contribution in [3.05, 3.63) is 0 Å². The summed E-state index contributed by atoms with van der Waals surface area (Å²) >= 11 is 0. The normalized spacial score (nSPS) is 12.6. The standard InChI is InChI=1S/C6H14O2.C6H14O/c1-5(2)3-6(8)4-7;1-6(2)4-3-5-7/h5-8H,3-4H2,1-2H3;6-7H,3-5H2,1-2H3. The molecule has 3 nitrogen and oxygen atoms in total. The van der Waals surface area contributed by atoms with Gasteiger partial charge in [0.25, 0.3) is 0 Å². The second kappa shape index (κ2) is 12.0. The lowest BCUT2D eigenvalue weighted by Crippen LogP contribution is -2.14. The fourth-order valence-corrected chi connectivity index (χ4v) is 1.12. The van der Waals surface area contributed by atoms with Gasteiger partial charge in [-0.25, -0.2) is 0 Å². The van der Waals surface area contributed by atoms with Gasteiger partial charge in [0.05, 0.1) is 12.7 Å². The fraction of sp³-hybridized carbons (Fsp3) is 1.00. The number of aliphatic hydroxyl groups is 3. The van der Waals surface area contributed by atoms with E-state index in [0.717, 1.165) is 18.8 Å². The van der Waals surface area contributed by atoms with Crippen molar-refractivity contribution in [2.45, 2.75) is 53.1 Å². The molecule has 0 aromatic carbocycles. The van der Waals surface area contributed by atoms with Gasteiger partial charge in [-0.2, -0.15) is 0 Å². The van der Waals surface area contributed by atoms with Crippen LogP contribution in [0.3, 0.4) is 0 Å². The Bertz CT molecular complexity index is 113. The highest BCUT2D eigenvalue weighted by molar-refractivity contribution is 4.54. The first kappa shape index (κ1) is 17.3. The van der Waals surface area contributed by atoms with E-state index in [0.29, 0.717) is 18.9 Å². The Hall–Kier alpha value is -0.120. The zero-order valence-electron chi connectivity index (χ0n) is 10.6. The number of aliphatic hydroxyl groups excluding tert-OH is 3. The topological polar surface area (TPSA) is 60.7 Å². The summed E-state index contributed by atoms with van der Waals surface area (Å²) in [6.07, 6.45) is 2.28. The van der Waals surface area contributed by atoms with Gasteiger partial charge in [-0.3, -0.25) is 0 Å². The Morgan fingerprint density at radius 3 is 1.60 bits per heavy atom. The number of rotatable bonds is 6. The highest BCUT2D eigenvalue weighted by atomic mass is 16.3. The predicted octanol–water partition coefficient (Wildman–Crippen LogP) is 1.80. The van der Waals surface area contributed by atoms with E-state index >= 15 is 0 Å². The Kier molecular flexibility index (Phi) is 13.8. The lowest BCUT2D eigenvalue weighted by atomic mass is 10.1. The second-order valence-electron chi connectivity index (χ2n) is 4.73. The number of hydrogen-bond acceptors (Lipinski definition) is 3. The maximum atomic E-state index is 8.78. The Balaban J connectivity index is 0. The van der Waals surface area contributed by atoms with E-state index in [4.69, 9.17) is 15.3 Å². The summed E-state index contributed by atoms with van der Waals surface area (Å²) in [7, 11) is 0. The Morgan fingerprint density at radius 1 is 0.933 bits per heavy atom. The summed E-state index contributed by atoms with van der Waals surface area (Å²) in [5, 5.41) is 25.4. The summed E-state index contributed by atoms with van der Waals surface area (Å²) in [4.78, 5) is 0. The summed E-state index contributed by atoms with van der Waals surface area (Å²) in [5.41, 5.74) is 0. The van der Waals surface area contributed by atoms with Crippen LogP contribution in [0.1, 0.15) is 47.0 Å². The van der Waals surface area contributed by atoms with E-state index in [-0.39, 0.29) is 6.61 Å². The minimum atomic E-state index is -0.519. The van der Waals surface area contributed by atoms with E-state index in [1.807, 2.05) is 13.8 Å². The monoisotopic (exact) mass is 220 g/mol. The molecule has 0 aliphatic carbocycles. The molecule has 1 unspecified atom stereocenters. The lowest BCUT2D eigenvalue weighted by Gasteiger charge is -2.08. The van der Waals surface area contributed by atoms with Crippen molar-refractivity contribution in [2.75, 3.05) is 13.2 Å². The molecular weight excluding hydrogens is 192 g/mol. The molecule has 0 saturated carbocycles. The van der Waals surface area contributed by atoms with E-state index in [1.54, 1.807) is 0 Å². The van der Waals surface area contributed by atoms with Crippen LogP contribution in [-0.4, -0.2) is 34.6 Å². The lowest BCUT2D eigenvalue weighted by molar-refractivity contribution is 0.0782.